The number of anilines is 1. The number of benzene rings is 3. The largest absolute Gasteiger partial charge is 0.462 e. The zero-order chi connectivity index (χ0) is 34.0. The van der Waals surface area contributed by atoms with Gasteiger partial charge in [-0.1, -0.05) is 13.8 Å². The number of hydrogen-bond acceptors (Lipinski definition) is 9. The first kappa shape index (κ1) is 33.9. The SMILES string of the molecule is CNC(=O)c1c(-c2ccc(Oc3ccc(F)cc3)cc2)oc2cc3c(cc12)C(C)OC(COC(=O)C(N)CC(C)C)CN3S(C)(=O)=O. The Balaban J connectivity index is 1.49. The standard InChI is InChI=1S/C34H38FN3O8S/c1-19(2)14-28(36)34(40)43-18-25-17-38(47(5,41)42)29-16-30-27(15-26(29)20(3)44-25)31(33(39)37-4)32(46-30)21-6-10-23(11-7-21)45-24-12-8-22(35)9-13-24/h6-13,15-16,19-20,25,28H,14,17-18,36H2,1-5H3,(H,37,39). The second kappa shape index (κ2) is 13.7. The first-order chi connectivity index (χ1) is 22.2. The molecule has 4 aromatic rings. The van der Waals surface area contributed by atoms with Gasteiger partial charge in [0, 0.05) is 29.6 Å². The van der Waals surface area contributed by atoms with E-state index in [1.165, 1.54) is 35.6 Å². The Morgan fingerprint density at radius 3 is 2.32 bits per heavy atom. The smallest absolute Gasteiger partial charge is 0.323 e. The highest BCUT2D eigenvalue weighted by atomic mass is 32.2. The van der Waals surface area contributed by atoms with Crippen molar-refractivity contribution in [1.82, 2.24) is 5.32 Å². The highest BCUT2D eigenvalue weighted by Gasteiger charge is 2.34. The average molecular weight is 668 g/mol. The lowest BCUT2D eigenvalue weighted by Gasteiger charge is -2.25. The summed E-state index contributed by atoms with van der Waals surface area (Å²) >= 11 is 0. The molecule has 1 aromatic heterocycles. The molecular formula is C34H38FN3O8S. The number of halogens is 1. The van der Waals surface area contributed by atoms with Crippen LogP contribution in [0.5, 0.6) is 11.5 Å². The minimum absolute atomic E-state index is 0.125. The highest BCUT2D eigenvalue weighted by Crippen LogP contribution is 2.42. The first-order valence-electron chi connectivity index (χ1n) is 15.2. The van der Waals surface area contributed by atoms with Crippen LogP contribution in [-0.4, -0.2) is 58.9 Å². The number of ether oxygens (including phenoxy) is 3. The van der Waals surface area contributed by atoms with Crippen molar-refractivity contribution in [3.05, 3.63) is 77.6 Å². The van der Waals surface area contributed by atoms with Crippen LogP contribution in [0.2, 0.25) is 0 Å². The molecule has 0 aliphatic carbocycles. The maximum atomic E-state index is 13.3. The topological polar surface area (TPSA) is 150 Å². The average Bonchev–Trinajstić information content (AvgIpc) is 3.33. The van der Waals surface area contributed by atoms with Crippen molar-refractivity contribution in [1.29, 1.82) is 0 Å². The number of furan rings is 1. The quantitative estimate of drug-likeness (QED) is 0.208. The van der Waals surface area contributed by atoms with Gasteiger partial charge >= 0.3 is 5.97 Å². The lowest BCUT2D eigenvalue weighted by atomic mass is 10.0. The number of rotatable bonds is 10. The van der Waals surface area contributed by atoms with Gasteiger partial charge in [-0.25, -0.2) is 12.8 Å². The van der Waals surface area contributed by atoms with Crippen LogP contribution in [0.4, 0.5) is 10.1 Å². The van der Waals surface area contributed by atoms with Crippen molar-refractivity contribution >= 4 is 38.6 Å². The summed E-state index contributed by atoms with van der Waals surface area (Å²) in [5, 5.41) is 3.12. The summed E-state index contributed by atoms with van der Waals surface area (Å²) in [7, 11) is -2.33. The molecule has 0 spiro atoms. The van der Waals surface area contributed by atoms with Crippen molar-refractivity contribution < 1.29 is 41.0 Å². The fourth-order valence-corrected chi connectivity index (χ4v) is 6.49. The van der Waals surface area contributed by atoms with E-state index in [1.807, 2.05) is 13.8 Å². The van der Waals surface area contributed by atoms with Crippen LogP contribution >= 0.6 is 0 Å². The predicted molar refractivity (Wildman–Crippen MR) is 175 cm³/mol. The highest BCUT2D eigenvalue weighted by molar-refractivity contribution is 7.92. The molecule has 3 N–H and O–H groups in total. The number of esters is 1. The minimum atomic E-state index is -3.84. The predicted octanol–water partition coefficient (Wildman–Crippen LogP) is 5.53. The third kappa shape index (κ3) is 7.58. The molecule has 1 aliphatic heterocycles. The Morgan fingerprint density at radius 2 is 1.72 bits per heavy atom. The van der Waals surface area contributed by atoms with E-state index in [4.69, 9.17) is 24.4 Å². The number of hydrogen-bond donors (Lipinski definition) is 2. The van der Waals surface area contributed by atoms with Crippen LogP contribution in [0.25, 0.3) is 22.3 Å². The molecule has 0 radical (unpaired) electrons. The number of nitrogens with zero attached hydrogens (tertiary/aromatic N) is 1. The Morgan fingerprint density at radius 1 is 1.09 bits per heavy atom. The number of carbonyl (C=O) groups excluding carboxylic acids is 2. The molecule has 250 valence electrons. The summed E-state index contributed by atoms with van der Waals surface area (Å²) in [5.74, 6) is 0.0449. The minimum Gasteiger partial charge on any atom is -0.462 e. The molecule has 3 unspecified atom stereocenters. The van der Waals surface area contributed by atoms with Gasteiger partial charge in [-0.05, 0) is 73.9 Å². The molecular weight excluding hydrogens is 629 g/mol. The summed E-state index contributed by atoms with van der Waals surface area (Å²) in [6, 6.07) is 14.9. The second-order valence-electron chi connectivity index (χ2n) is 11.9. The maximum Gasteiger partial charge on any atom is 0.323 e. The zero-order valence-corrected chi connectivity index (χ0v) is 27.6. The van der Waals surface area contributed by atoms with E-state index in [2.05, 4.69) is 5.32 Å². The Hall–Kier alpha value is -4.46. The Labute approximate surface area is 272 Å². The van der Waals surface area contributed by atoms with Gasteiger partial charge in [-0.3, -0.25) is 13.9 Å². The number of carbonyl (C=O) groups is 2. The van der Waals surface area contributed by atoms with Crippen LogP contribution in [0.3, 0.4) is 0 Å². The fourth-order valence-electron chi connectivity index (χ4n) is 5.54. The van der Waals surface area contributed by atoms with Crippen molar-refractivity contribution in [2.45, 2.75) is 45.4 Å². The number of amides is 1. The number of nitrogens with one attached hydrogen (secondary N) is 1. The summed E-state index contributed by atoms with van der Waals surface area (Å²) in [6.07, 6.45) is 0.0911. The molecule has 0 bridgehead atoms. The number of nitrogens with two attached hydrogens (primary N) is 1. The van der Waals surface area contributed by atoms with Gasteiger partial charge in [-0.15, -0.1) is 0 Å². The van der Waals surface area contributed by atoms with Crippen LogP contribution in [0.1, 0.15) is 49.2 Å². The van der Waals surface area contributed by atoms with E-state index in [9.17, 15) is 22.4 Å². The Bertz CT molecular complexity index is 1870. The molecule has 1 amide bonds. The molecule has 1 aliphatic rings. The fraction of sp³-hybridized carbons (Fsp3) is 0.353. The third-order valence-corrected chi connectivity index (χ3v) is 8.92. The molecule has 3 atom stereocenters. The van der Waals surface area contributed by atoms with Crippen molar-refractivity contribution in [2.75, 3.05) is 30.8 Å². The lowest BCUT2D eigenvalue weighted by Crippen LogP contribution is -2.41. The van der Waals surface area contributed by atoms with Crippen LogP contribution in [0.15, 0.2) is 65.1 Å². The molecule has 0 saturated heterocycles. The van der Waals surface area contributed by atoms with Gasteiger partial charge < -0.3 is 29.7 Å². The second-order valence-corrected chi connectivity index (χ2v) is 13.8. The van der Waals surface area contributed by atoms with Gasteiger partial charge in [0.15, 0.2) is 0 Å². The molecule has 0 saturated carbocycles. The maximum absolute atomic E-state index is 13.3. The van der Waals surface area contributed by atoms with Crippen molar-refractivity contribution in [2.24, 2.45) is 11.7 Å². The van der Waals surface area contributed by atoms with Crippen LogP contribution in [-0.2, 0) is 24.3 Å². The monoisotopic (exact) mass is 667 g/mol. The van der Waals surface area contributed by atoms with E-state index in [-0.39, 0.29) is 41.8 Å². The summed E-state index contributed by atoms with van der Waals surface area (Å²) in [5.41, 5.74) is 7.91. The van der Waals surface area contributed by atoms with Gasteiger partial charge in [0.05, 0.1) is 30.2 Å². The van der Waals surface area contributed by atoms with E-state index >= 15 is 0 Å². The zero-order valence-electron chi connectivity index (χ0n) is 26.8. The molecule has 47 heavy (non-hydrogen) atoms. The van der Waals surface area contributed by atoms with Crippen molar-refractivity contribution in [3.63, 3.8) is 0 Å². The lowest BCUT2D eigenvalue weighted by molar-refractivity contribution is -0.150. The van der Waals surface area contributed by atoms with E-state index in [0.717, 1.165) is 6.26 Å². The molecule has 0 fully saturated rings. The van der Waals surface area contributed by atoms with Gasteiger partial charge in [-0.2, -0.15) is 0 Å². The van der Waals surface area contributed by atoms with Gasteiger partial charge in [0.1, 0.15) is 47.4 Å². The molecule has 5 rings (SSSR count). The molecule has 3 aromatic carbocycles. The van der Waals surface area contributed by atoms with Gasteiger partial charge in [0.2, 0.25) is 10.0 Å². The number of sulfonamides is 1. The summed E-state index contributed by atoms with van der Waals surface area (Å²) in [6.45, 7) is 5.33. The number of fused-ring (bicyclic) bond motifs is 2. The summed E-state index contributed by atoms with van der Waals surface area (Å²) in [4.78, 5) is 25.8. The van der Waals surface area contributed by atoms with Gasteiger partial charge in [0.25, 0.3) is 5.91 Å². The molecule has 2 heterocycles. The Kier molecular flexibility index (Phi) is 9.89. The van der Waals surface area contributed by atoms with Crippen LogP contribution < -0.4 is 20.1 Å². The summed E-state index contributed by atoms with van der Waals surface area (Å²) < 4.78 is 64.4. The van der Waals surface area contributed by atoms with E-state index in [1.54, 1.807) is 43.3 Å². The normalized spacial score (nSPS) is 17.2. The van der Waals surface area contributed by atoms with E-state index < -0.39 is 40.1 Å². The molecule has 13 heteroatoms. The first-order valence-corrected chi connectivity index (χ1v) is 17.0. The third-order valence-electron chi connectivity index (χ3n) is 7.77. The van der Waals surface area contributed by atoms with Crippen LogP contribution in [0, 0.1) is 11.7 Å². The van der Waals surface area contributed by atoms with E-state index in [0.29, 0.717) is 40.1 Å². The van der Waals surface area contributed by atoms with Crippen molar-refractivity contribution in [3.8, 4) is 22.8 Å². The molecule has 11 nitrogen and oxygen atoms in total.